The molecule has 17 heavy (non-hydrogen) atoms. The smallest absolute Gasteiger partial charge is 0.203 e. The molecular weight excluding hydrogens is 236 g/mol. The van der Waals surface area contributed by atoms with Crippen LogP contribution in [-0.2, 0) is 6.42 Å². The van der Waals surface area contributed by atoms with Crippen LogP contribution >= 0.6 is 11.6 Å². The standard InChI is InChI=1S/C13H13ClN2O/c14-12-5-3-11(4-6-12)7-8-15-13-2-1-9-16(17)10-13/h1-6,9-10,15H,7-8H2. The molecule has 1 aromatic carbocycles. The lowest BCUT2D eigenvalue weighted by atomic mass is 10.1. The van der Waals surface area contributed by atoms with Gasteiger partial charge in [0.2, 0.25) is 6.20 Å². The number of pyridine rings is 1. The van der Waals surface area contributed by atoms with Gasteiger partial charge in [-0.15, -0.1) is 0 Å². The Kier molecular flexibility index (Phi) is 3.83. The quantitative estimate of drug-likeness (QED) is 0.667. The van der Waals surface area contributed by atoms with E-state index in [1.54, 1.807) is 6.07 Å². The topological polar surface area (TPSA) is 39.0 Å². The Morgan fingerprint density at radius 3 is 2.65 bits per heavy atom. The van der Waals surface area contributed by atoms with Gasteiger partial charge in [0.15, 0.2) is 6.20 Å². The van der Waals surface area contributed by atoms with Crippen LogP contribution in [0.25, 0.3) is 0 Å². The van der Waals surface area contributed by atoms with Gasteiger partial charge in [-0.05, 0) is 30.2 Å². The lowest BCUT2D eigenvalue weighted by Gasteiger charge is -2.05. The molecule has 1 N–H and O–H groups in total. The lowest BCUT2D eigenvalue weighted by molar-refractivity contribution is -0.604. The van der Waals surface area contributed by atoms with Gasteiger partial charge < -0.3 is 10.5 Å². The summed E-state index contributed by atoms with van der Waals surface area (Å²) in [5, 5.41) is 15.0. The molecule has 2 rings (SSSR count). The summed E-state index contributed by atoms with van der Waals surface area (Å²) < 4.78 is 0.782. The van der Waals surface area contributed by atoms with Gasteiger partial charge >= 0.3 is 0 Å². The van der Waals surface area contributed by atoms with Crippen molar-refractivity contribution in [1.82, 2.24) is 0 Å². The highest BCUT2D eigenvalue weighted by Crippen LogP contribution is 2.10. The van der Waals surface area contributed by atoms with E-state index in [4.69, 9.17) is 11.6 Å². The first kappa shape index (κ1) is 11.7. The molecule has 88 valence electrons. The largest absolute Gasteiger partial charge is 0.619 e. The summed E-state index contributed by atoms with van der Waals surface area (Å²) in [6.07, 6.45) is 3.87. The highest BCUT2D eigenvalue weighted by atomic mass is 35.5. The van der Waals surface area contributed by atoms with Crippen LogP contribution in [-0.4, -0.2) is 6.54 Å². The highest BCUT2D eigenvalue weighted by Gasteiger charge is 1.97. The van der Waals surface area contributed by atoms with Crippen molar-refractivity contribution in [3.63, 3.8) is 0 Å². The van der Waals surface area contributed by atoms with Crippen molar-refractivity contribution in [2.45, 2.75) is 6.42 Å². The Morgan fingerprint density at radius 2 is 1.94 bits per heavy atom. The number of benzene rings is 1. The van der Waals surface area contributed by atoms with Crippen LogP contribution in [0.2, 0.25) is 5.02 Å². The molecule has 0 saturated heterocycles. The molecule has 2 aromatic rings. The van der Waals surface area contributed by atoms with E-state index in [-0.39, 0.29) is 0 Å². The van der Waals surface area contributed by atoms with Crippen LogP contribution in [0.3, 0.4) is 0 Å². The normalized spacial score (nSPS) is 10.2. The van der Waals surface area contributed by atoms with Crippen LogP contribution in [0, 0.1) is 5.21 Å². The van der Waals surface area contributed by atoms with Crippen LogP contribution in [0.5, 0.6) is 0 Å². The Bertz CT molecular complexity index is 485. The van der Waals surface area contributed by atoms with Crippen molar-refractivity contribution in [2.75, 3.05) is 11.9 Å². The van der Waals surface area contributed by atoms with E-state index in [1.165, 1.54) is 18.0 Å². The molecule has 0 saturated carbocycles. The SMILES string of the molecule is [O-][n+]1cccc(NCCc2ccc(Cl)cc2)c1. The maximum Gasteiger partial charge on any atom is 0.203 e. The van der Waals surface area contributed by atoms with Gasteiger partial charge in [0.05, 0.1) is 0 Å². The molecule has 0 bridgehead atoms. The van der Waals surface area contributed by atoms with Crippen LogP contribution in [0.1, 0.15) is 5.56 Å². The van der Waals surface area contributed by atoms with Gasteiger partial charge in [0.1, 0.15) is 5.69 Å². The zero-order chi connectivity index (χ0) is 12.1. The fourth-order valence-corrected chi connectivity index (χ4v) is 1.69. The Balaban J connectivity index is 1.85. The van der Waals surface area contributed by atoms with Crippen molar-refractivity contribution in [3.05, 3.63) is 64.6 Å². The minimum absolute atomic E-state index is 0.747. The molecule has 0 aliphatic heterocycles. The molecule has 1 aromatic heterocycles. The van der Waals surface area contributed by atoms with Gasteiger partial charge in [-0.3, -0.25) is 0 Å². The van der Waals surface area contributed by atoms with Crippen molar-refractivity contribution < 1.29 is 4.73 Å². The molecular formula is C13H13ClN2O. The molecule has 0 amide bonds. The second-order valence-electron chi connectivity index (χ2n) is 3.76. The number of rotatable bonds is 4. The molecule has 0 radical (unpaired) electrons. The second kappa shape index (κ2) is 5.55. The number of anilines is 1. The molecule has 3 nitrogen and oxygen atoms in total. The Morgan fingerprint density at radius 1 is 1.18 bits per heavy atom. The number of hydrogen-bond acceptors (Lipinski definition) is 2. The van der Waals surface area contributed by atoms with Crippen molar-refractivity contribution in [1.29, 1.82) is 0 Å². The van der Waals surface area contributed by atoms with Gasteiger partial charge in [-0.2, -0.15) is 4.73 Å². The third-order valence-electron chi connectivity index (χ3n) is 2.43. The van der Waals surface area contributed by atoms with E-state index >= 15 is 0 Å². The van der Waals surface area contributed by atoms with E-state index in [0.717, 1.165) is 28.4 Å². The van der Waals surface area contributed by atoms with Crippen LogP contribution < -0.4 is 10.0 Å². The van der Waals surface area contributed by atoms with E-state index in [2.05, 4.69) is 5.32 Å². The summed E-state index contributed by atoms with van der Waals surface area (Å²) in [6.45, 7) is 0.783. The molecule has 0 atom stereocenters. The van der Waals surface area contributed by atoms with Crippen LogP contribution in [0.15, 0.2) is 48.8 Å². The number of nitrogens with one attached hydrogen (secondary N) is 1. The van der Waals surface area contributed by atoms with Gasteiger partial charge in [0.25, 0.3) is 0 Å². The van der Waals surface area contributed by atoms with E-state index in [9.17, 15) is 5.21 Å². The average Bonchev–Trinajstić information content (AvgIpc) is 2.32. The minimum atomic E-state index is 0.747. The summed E-state index contributed by atoms with van der Waals surface area (Å²) >= 11 is 5.81. The number of nitrogens with zero attached hydrogens (tertiary/aromatic N) is 1. The van der Waals surface area contributed by atoms with Gasteiger partial charge in [-0.25, -0.2) is 0 Å². The number of halogens is 1. The zero-order valence-corrected chi connectivity index (χ0v) is 10.0. The molecule has 0 fully saturated rings. The Hall–Kier alpha value is -1.74. The fourth-order valence-electron chi connectivity index (χ4n) is 1.56. The first-order valence-corrected chi connectivity index (χ1v) is 5.79. The van der Waals surface area contributed by atoms with Crippen molar-refractivity contribution in [3.8, 4) is 0 Å². The molecule has 0 unspecified atom stereocenters. The number of hydrogen-bond donors (Lipinski definition) is 1. The maximum atomic E-state index is 11.0. The van der Waals surface area contributed by atoms with E-state index < -0.39 is 0 Å². The first-order chi connectivity index (χ1) is 8.24. The molecule has 0 spiro atoms. The van der Waals surface area contributed by atoms with Crippen molar-refractivity contribution in [2.24, 2.45) is 0 Å². The predicted molar refractivity (Wildman–Crippen MR) is 69.0 cm³/mol. The fraction of sp³-hybridized carbons (Fsp3) is 0.154. The summed E-state index contributed by atoms with van der Waals surface area (Å²) in [5.41, 5.74) is 2.05. The highest BCUT2D eigenvalue weighted by molar-refractivity contribution is 6.30. The molecule has 0 aliphatic carbocycles. The first-order valence-electron chi connectivity index (χ1n) is 5.41. The van der Waals surface area contributed by atoms with E-state index in [0.29, 0.717) is 0 Å². The zero-order valence-electron chi connectivity index (χ0n) is 9.27. The summed E-state index contributed by atoms with van der Waals surface area (Å²) in [6, 6.07) is 11.4. The summed E-state index contributed by atoms with van der Waals surface area (Å²) in [7, 11) is 0. The molecule has 1 heterocycles. The minimum Gasteiger partial charge on any atom is -0.619 e. The van der Waals surface area contributed by atoms with Crippen molar-refractivity contribution >= 4 is 17.3 Å². The van der Waals surface area contributed by atoms with Crippen LogP contribution in [0.4, 0.5) is 5.69 Å². The molecule has 0 aliphatic rings. The Labute approximate surface area is 105 Å². The second-order valence-corrected chi connectivity index (χ2v) is 4.19. The predicted octanol–water partition coefficient (Wildman–Crippen LogP) is 2.63. The summed E-state index contributed by atoms with van der Waals surface area (Å²) in [5.74, 6) is 0. The average molecular weight is 249 g/mol. The number of aromatic nitrogens is 1. The third-order valence-corrected chi connectivity index (χ3v) is 2.68. The third kappa shape index (κ3) is 3.64. The summed E-state index contributed by atoms with van der Waals surface area (Å²) in [4.78, 5) is 0. The molecule has 4 heteroatoms. The van der Waals surface area contributed by atoms with E-state index in [1.807, 2.05) is 30.3 Å². The van der Waals surface area contributed by atoms with Gasteiger partial charge in [-0.1, -0.05) is 23.7 Å². The lowest BCUT2D eigenvalue weighted by Crippen LogP contribution is -2.24. The maximum absolute atomic E-state index is 11.0. The monoisotopic (exact) mass is 248 g/mol. The van der Waals surface area contributed by atoms with Gasteiger partial charge in [0, 0.05) is 17.6 Å².